The number of nitrogens with one attached hydrogen (secondary N) is 1. The van der Waals surface area contributed by atoms with Crippen LogP contribution in [-0.2, 0) is 9.47 Å². The molecule has 0 amide bonds. The van der Waals surface area contributed by atoms with E-state index in [0.717, 1.165) is 31.9 Å². The van der Waals surface area contributed by atoms with Gasteiger partial charge < -0.3 is 14.8 Å². The molecule has 3 aliphatic rings. The van der Waals surface area contributed by atoms with E-state index in [2.05, 4.69) is 17.1 Å². The molecule has 19 heavy (non-hydrogen) atoms. The number of thioether (sulfide) groups is 1. The Bertz CT molecular complexity index is 282. The van der Waals surface area contributed by atoms with Gasteiger partial charge in [0.1, 0.15) is 0 Å². The van der Waals surface area contributed by atoms with Crippen molar-refractivity contribution in [2.24, 2.45) is 5.92 Å². The minimum atomic E-state index is 0.169. The van der Waals surface area contributed by atoms with Crippen molar-refractivity contribution in [1.29, 1.82) is 0 Å². The predicted octanol–water partition coefficient (Wildman–Crippen LogP) is 2.45. The average Bonchev–Trinajstić information content (AvgIpc) is 2.37. The molecule has 1 saturated carbocycles. The lowest BCUT2D eigenvalue weighted by molar-refractivity contribution is -0.166. The van der Waals surface area contributed by atoms with Gasteiger partial charge in [0, 0.05) is 13.0 Å². The fourth-order valence-corrected chi connectivity index (χ4v) is 4.94. The van der Waals surface area contributed by atoms with Gasteiger partial charge in [0.2, 0.25) is 0 Å². The summed E-state index contributed by atoms with van der Waals surface area (Å²) in [7, 11) is 2.04. The molecule has 1 N–H and O–H groups in total. The third kappa shape index (κ3) is 3.46. The molecule has 0 aromatic carbocycles. The van der Waals surface area contributed by atoms with Gasteiger partial charge in [0.15, 0.2) is 0 Å². The van der Waals surface area contributed by atoms with Gasteiger partial charge in [0.05, 0.1) is 17.8 Å². The molecule has 110 valence electrons. The lowest BCUT2D eigenvalue weighted by Crippen LogP contribution is -2.47. The van der Waals surface area contributed by atoms with Gasteiger partial charge in [-0.2, -0.15) is 11.8 Å². The molecule has 3 fully saturated rings. The molecule has 2 aliphatic heterocycles. The Morgan fingerprint density at radius 3 is 2.79 bits per heavy atom. The standard InChI is InChI=1S/C15H27NO2S/c1-16-11-12-8-14(9-12)18-13-2-5-17-15(10-13)3-6-19-7-4-15/h12-14,16H,2-11H2,1H3. The molecule has 4 heteroatoms. The predicted molar refractivity (Wildman–Crippen MR) is 79.8 cm³/mol. The van der Waals surface area contributed by atoms with Gasteiger partial charge in [-0.05, 0) is 63.1 Å². The lowest BCUT2D eigenvalue weighted by Gasteiger charge is -2.45. The van der Waals surface area contributed by atoms with E-state index in [1.165, 1.54) is 37.2 Å². The Kier molecular flexibility index (Phi) is 4.73. The van der Waals surface area contributed by atoms with E-state index in [0.29, 0.717) is 12.2 Å². The molecule has 0 aromatic rings. The molecule has 1 aliphatic carbocycles. The van der Waals surface area contributed by atoms with E-state index in [1.807, 2.05) is 7.05 Å². The molecular weight excluding hydrogens is 258 g/mol. The zero-order valence-electron chi connectivity index (χ0n) is 12.0. The van der Waals surface area contributed by atoms with Gasteiger partial charge in [-0.3, -0.25) is 0 Å². The molecule has 1 spiro atoms. The summed E-state index contributed by atoms with van der Waals surface area (Å²) < 4.78 is 12.4. The number of ether oxygens (including phenoxy) is 2. The summed E-state index contributed by atoms with van der Waals surface area (Å²) in [6.07, 6.45) is 8.17. The third-order valence-electron chi connectivity index (χ3n) is 4.92. The van der Waals surface area contributed by atoms with Crippen LogP contribution in [0.25, 0.3) is 0 Å². The van der Waals surface area contributed by atoms with Gasteiger partial charge in [0.25, 0.3) is 0 Å². The highest BCUT2D eigenvalue weighted by atomic mass is 32.2. The summed E-state index contributed by atoms with van der Waals surface area (Å²) >= 11 is 2.07. The fraction of sp³-hybridized carbons (Fsp3) is 1.00. The Balaban J connectivity index is 1.44. The molecule has 0 aromatic heterocycles. The van der Waals surface area contributed by atoms with Crippen molar-refractivity contribution < 1.29 is 9.47 Å². The Morgan fingerprint density at radius 2 is 2.05 bits per heavy atom. The van der Waals surface area contributed by atoms with Crippen LogP contribution in [0.4, 0.5) is 0 Å². The molecule has 3 rings (SSSR count). The second kappa shape index (κ2) is 6.33. The molecule has 2 heterocycles. The number of rotatable bonds is 4. The van der Waals surface area contributed by atoms with Gasteiger partial charge >= 0.3 is 0 Å². The van der Waals surface area contributed by atoms with Crippen LogP contribution in [0.2, 0.25) is 0 Å². The molecular formula is C15H27NO2S. The highest BCUT2D eigenvalue weighted by molar-refractivity contribution is 7.99. The van der Waals surface area contributed by atoms with Crippen LogP contribution in [0.1, 0.15) is 38.5 Å². The van der Waals surface area contributed by atoms with E-state index in [-0.39, 0.29) is 5.60 Å². The maximum Gasteiger partial charge on any atom is 0.0723 e. The zero-order chi connectivity index (χ0) is 13.1. The van der Waals surface area contributed by atoms with Crippen molar-refractivity contribution in [3.05, 3.63) is 0 Å². The zero-order valence-corrected chi connectivity index (χ0v) is 12.8. The maximum absolute atomic E-state index is 6.32. The van der Waals surface area contributed by atoms with Gasteiger partial charge in [-0.15, -0.1) is 0 Å². The third-order valence-corrected chi connectivity index (χ3v) is 5.91. The highest BCUT2D eigenvalue weighted by Gasteiger charge is 2.41. The van der Waals surface area contributed by atoms with Crippen molar-refractivity contribution in [3.63, 3.8) is 0 Å². The second-order valence-electron chi connectivity index (χ2n) is 6.41. The highest BCUT2D eigenvalue weighted by Crippen LogP contribution is 2.40. The van der Waals surface area contributed by atoms with E-state index < -0.39 is 0 Å². The fourth-order valence-electron chi connectivity index (χ4n) is 3.70. The topological polar surface area (TPSA) is 30.5 Å². The van der Waals surface area contributed by atoms with Crippen LogP contribution in [0.15, 0.2) is 0 Å². The van der Waals surface area contributed by atoms with E-state index >= 15 is 0 Å². The van der Waals surface area contributed by atoms with Crippen LogP contribution in [-0.4, -0.2) is 49.5 Å². The first-order valence-corrected chi connectivity index (χ1v) is 8.97. The summed E-state index contributed by atoms with van der Waals surface area (Å²) in [5.41, 5.74) is 0.169. The van der Waals surface area contributed by atoms with Crippen LogP contribution < -0.4 is 5.32 Å². The maximum atomic E-state index is 6.32. The molecule has 0 bridgehead atoms. The van der Waals surface area contributed by atoms with Crippen LogP contribution in [0.3, 0.4) is 0 Å². The summed E-state index contributed by atoms with van der Waals surface area (Å²) in [6, 6.07) is 0. The summed E-state index contributed by atoms with van der Waals surface area (Å²) in [5, 5.41) is 3.26. The van der Waals surface area contributed by atoms with Crippen LogP contribution in [0.5, 0.6) is 0 Å². The molecule has 1 unspecified atom stereocenters. The first-order chi connectivity index (χ1) is 9.30. The summed E-state index contributed by atoms with van der Waals surface area (Å²) in [4.78, 5) is 0. The van der Waals surface area contributed by atoms with Gasteiger partial charge in [-0.1, -0.05) is 0 Å². The van der Waals surface area contributed by atoms with Crippen LogP contribution in [0, 0.1) is 5.92 Å². The molecule has 0 radical (unpaired) electrons. The monoisotopic (exact) mass is 285 g/mol. The number of hydrogen-bond donors (Lipinski definition) is 1. The van der Waals surface area contributed by atoms with Crippen molar-refractivity contribution in [1.82, 2.24) is 5.32 Å². The molecule has 3 nitrogen and oxygen atoms in total. The number of hydrogen-bond acceptors (Lipinski definition) is 4. The Labute approximate surface area is 121 Å². The SMILES string of the molecule is CNCC1CC(OC2CCOC3(CCSCC3)C2)C1. The Morgan fingerprint density at radius 1 is 1.26 bits per heavy atom. The largest absolute Gasteiger partial charge is 0.375 e. The van der Waals surface area contributed by atoms with E-state index in [1.54, 1.807) is 0 Å². The Hall–Kier alpha value is 0.230. The summed E-state index contributed by atoms with van der Waals surface area (Å²) in [6.45, 7) is 2.05. The average molecular weight is 285 g/mol. The van der Waals surface area contributed by atoms with Crippen molar-refractivity contribution >= 4 is 11.8 Å². The quantitative estimate of drug-likeness (QED) is 0.859. The normalized spacial score (nSPS) is 38.1. The van der Waals surface area contributed by atoms with Crippen molar-refractivity contribution in [3.8, 4) is 0 Å². The van der Waals surface area contributed by atoms with Crippen LogP contribution >= 0.6 is 11.8 Å². The molecule has 1 atom stereocenters. The second-order valence-corrected chi connectivity index (χ2v) is 7.64. The van der Waals surface area contributed by atoms with Crippen molar-refractivity contribution in [2.75, 3.05) is 31.7 Å². The van der Waals surface area contributed by atoms with Crippen molar-refractivity contribution in [2.45, 2.75) is 56.3 Å². The van der Waals surface area contributed by atoms with E-state index in [9.17, 15) is 0 Å². The minimum absolute atomic E-state index is 0.169. The van der Waals surface area contributed by atoms with E-state index in [4.69, 9.17) is 9.47 Å². The molecule has 2 saturated heterocycles. The minimum Gasteiger partial charge on any atom is -0.375 e. The smallest absolute Gasteiger partial charge is 0.0723 e. The summed E-state index contributed by atoms with van der Waals surface area (Å²) in [5.74, 6) is 3.37. The van der Waals surface area contributed by atoms with Gasteiger partial charge in [-0.25, -0.2) is 0 Å². The first kappa shape index (κ1) is 14.2. The first-order valence-electron chi connectivity index (χ1n) is 7.81. The lowest BCUT2D eigenvalue weighted by atomic mass is 9.81.